The number of pyridine rings is 1. The minimum absolute atomic E-state index is 0.148. The summed E-state index contributed by atoms with van der Waals surface area (Å²) in [5.41, 5.74) is 7.47. The van der Waals surface area contributed by atoms with Crippen LogP contribution in [0.1, 0.15) is 55.2 Å². The lowest BCUT2D eigenvalue weighted by molar-refractivity contribution is 0.0633. The molecule has 2 aromatic heterocycles. The molecule has 1 amide bonds. The summed E-state index contributed by atoms with van der Waals surface area (Å²) in [7, 11) is 0. The van der Waals surface area contributed by atoms with Crippen LogP contribution in [0.2, 0.25) is 0 Å². The van der Waals surface area contributed by atoms with Crippen molar-refractivity contribution in [3.8, 4) is 0 Å². The van der Waals surface area contributed by atoms with Gasteiger partial charge in [0.05, 0.1) is 11.0 Å². The molecule has 0 unspecified atom stereocenters. The van der Waals surface area contributed by atoms with Crippen LogP contribution in [-0.4, -0.2) is 32.5 Å². The Kier molecular flexibility index (Phi) is 6.97. The molecule has 3 aromatic rings. The van der Waals surface area contributed by atoms with Gasteiger partial charge in [-0.15, -0.1) is 0 Å². The zero-order valence-corrected chi connectivity index (χ0v) is 20.0. The largest absolute Gasteiger partial charge is 0.336 e. The van der Waals surface area contributed by atoms with Crippen molar-refractivity contribution in [2.45, 2.75) is 46.6 Å². The average molecular weight is 464 g/mol. The van der Waals surface area contributed by atoms with Crippen molar-refractivity contribution in [2.75, 3.05) is 11.9 Å². The van der Waals surface area contributed by atoms with Gasteiger partial charge >= 0.3 is 5.69 Å². The Hall–Kier alpha value is -3.26. The minimum Gasteiger partial charge on any atom is -0.329 e. The van der Waals surface area contributed by atoms with Crippen LogP contribution in [0.3, 0.4) is 0 Å². The molecule has 1 fully saturated rings. The third-order valence-corrected chi connectivity index (χ3v) is 7.04. The van der Waals surface area contributed by atoms with Crippen molar-refractivity contribution in [1.29, 1.82) is 0 Å². The van der Waals surface area contributed by atoms with Gasteiger partial charge in [-0.25, -0.2) is 9.36 Å². The zero-order valence-electron chi connectivity index (χ0n) is 20.0. The van der Waals surface area contributed by atoms with Crippen LogP contribution in [0.5, 0.6) is 0 Å². The number of anilines is 1. The summed E-state index contributed by atoms with van der Waals surface area (Å²) < 4.78 is 2.82. The molecule has 2 heterocycles. The number of nitrogens with zero attached hydrogens (tertiary/aromatic N) is 3. The van der Waals surface area contributed by atoms with Crippen LogP contribution in [0.15, 0.2) is 47.5 Å². The number of aromatic nitrogens is 3. The van der Waals surface area contributed by atoms with E-state index >= 15 is 0 Å². The molecule has 1 aromatic carbocycles. The van der Waals surface area contributed by atoms with E-state index in [1.54, 1.807) is 42.7 Å². The van der Waals surface area contributed by atoms with Gasteiger partial charge in [-0.3, -0.25) is 19.1 Å². The van der Waals surface area contributed by atoms with E-state index in [1.807, 2.05) is 0 Å². The van der Waals surface area contributed by atoms with Gasteiger partial charge < -0.3 is 11.1 Å². The first-order chi connectivity index (χ1) is 16.3. The number of carbonyl (C=O) groups is 2. The standard InChI is InChI=1S/C26H33N5O3/c1-16(2)20-6-4-17(3)14-21(20)25(33)31-22-7-5-18(15-23(22)30(13-10-27)26(31)34)24(32)29-19-8-11-28-12-9-19/h5,7-9,11-12,15-17,20-21H,4,6,10,13-14,27H2,1-3H3,(H,28,29,32)/t17-,20+,21-/m1/s1. The summed E-state index contributed by atoms with van der Waals surface area (Å²) in [5, 5.41) is 2.83. The normalized spacial score (nSPS) is 20.6. The fraction of sp³-hybridized carbons (Fsp3) is 0.462. The number of fused-ring (bicyclic) bond motifs is 1. The Morgan fingerprint density at radius 3 is 2.56 bits per heavy atom. The molecule has 3 atom stereocenters. The van der Waals surface area contributed by atoms with E-state index in [0.29, 0.717) is 34.1 Å². The fourth-order valence-electron chi connectivity index (χ4n) is 5.25. The number of hydrogen-bond acceptors (Lipinski definition) is 5. The summed E-state index contributed by atoms with van der Waals surface area (Å²) in [6.07, 6.45) is 6.07. The summed E-state index contributed by atoms with van der Waals surface area (Å²) >= 11 is 0. The predicted octanol–water partition coefficient (Wildman–Crippen LogP) is 3.76. The van der Waals surface area contributed by atoms with Gasteiger partial charge in [0.15, 0.2) is 0 Å². The summed E-state index contributed by atoms with van der Waals surface area (Å²) in [6, 6.07) is 8.41. The molecule has 0 aliphatic heterocycles. The van der Waals surface area contributed by atoms with Crippen molar-refractivity contribution < 1.29 is 9.59 Å². The van der Waals surface area contributed by atoms with E-state index in [1.165, 1.54) is 9.13 Å². The predicted molar refractivity (Wildman–Crippen MR) is 133 cm³/mol. The molecular weight excluding hydrogens is 430 g/mol. The molecule has 3 N–H and O–H groups in total. The van der Waals surface area contributed by atoms with E-state index in [4.69, 9.17) is 5.73 Å². The van der Waals surface area contributed by atoms with Crippen LogP contribution in [0.4, 0.5) is 5.69 Å². The topological polar surface area (TPSA) is 112 Å². The van der Waals surface area contributed by atoms with Crippen LogP contribution >= 0.6 is 0 Å². The Bertz CT molecular complexity index is 1240. The van der Waals surface area contributed by atoms with Crippen LogP contribution < -0.4 is 16.7 Å². The molecule has 8 heteroatoms. The van der Waals surface area contributed by atoms with Gasteiger partial charge in [0.25, 0.3) is 5.91 Å². The molecular formula is C26H33N5O3. The molecule has 34 heavy (non-hydrogen) atoms. The second-order valence-electron chi connectivity index (χ2n) is 9.72. The van der Waals surface area contributed by atoms with E-state index in [2.05, 4.69) is 31.1 Å². The van der Waals surface area contributed by atoms with Crippen molar-refractivity contribution >= 4 is 28.5 Å². The van der Waals surface area contributed by atoms with E-state index < -0.39 is 5.69 Å². The van der Waals surface area contributed by atoms with Gasteiger partial charge in [-0.1, -0.05) is 27.2 Å². The molecule has 0 bridgehead atoms. The van der Waals surface area contributed by atoms with Gasteiger partial charge in [-0.2, -0.15) is 0 Å². The van der Waals surface area contributed by atoms with Crippen molar-refractivity contribution in [1.82, 2.24) is 14.1 Å². The van der Waals surface area contributed by atoms with Crippen molar-refractivity contribution in [2.24, 2.45) is 29.4 Å². The smallest absolute Gasteiger partial charge is 0.329 e. The van der Waals surface area contributed by atoms with Gasteiger partial charge in [0.2, 0.25) is 5.91 Å². The van der Waals surface area contributed by atoms with Gasteiger partial charge in [0, 0.05) is 42.7 Å². The Labute approximate surface area is 199 Å². The Morgan fingerprint density at radius 2 is 1.88 bits per heavy atom. The Morgan fingerprint density at radius 1 is 1.15 bits per heavy atom. The molecule has 0 saturated heterocycles. The monoisotopic (exact) mass is 463 g/mol. The summed E-state index contributed by atoms with van der Waals surface area (Å²) in [6.45, 7) is 6.98. The highest BCUT2D eigenvalue weighted by Crippen LogP contribution is 2.39. The number of benzene rings is 1. The number of rotatable bonds is 6. The van der Waals surface area contributed by atoms with E-state index in [9.17, 15) is 14.4 Å². The van der Waals surface area contributed by atoms with Crippen molar-refractivity contribution in [3.63, 3.8) is 0 Å². The second-order valence-corrected chi connectivity index (χ2v) is 9.72. The number of imidazole rings is 1. The Balaban J connectivity index is 1.76. The van der Waals surface area contributed by atoms with Crippen molar-refractivity contribution in [3.05, 3.63) is 58.8 Å². The molecule has 1 aliphatic carbocycles. The number of nitrogens with two attached hydrogens (primary N) is 1. The first-order valence-corrected chi connectivity index (χ1v) is 12.0. The highest BCUT2D eigenvalue weighted by atomic mass is 16.2. The highest BCUT2D eigenvalue weighted by Gasteiger charge is 2.37. The lowest BCUT2D eigenvalue weighted by Gasteiger charge is -2.36. The molecule has 8 nitrogen and oxygen atoms in total. The molecule has 0 radical (unpaired) electrons. The lowest BCUT2D eigenvalue weighted by atomic mass is 9.69. The zero-order chi connectivity index (χ0) is 24.4. The maximum Gasteiger partial charge on any atom is 0.336 e. The van der Waals surface area contributed by atoms with Gasteiger partial charge in [-0.05, 0) is 60.9 Å². The van der Waals surface area contributed by atoms with Crippen LogP contribution in [0.25, 0.3) is 11.0 Å². The number of amides is 1. The first-order valence-electron chi connectivity index (χ1n) is 12.0. The molecule has 1 aliphatic rings. The fourth-order valence-corrected chi connectivity index (χ4v) is 5.25. The SMILES string of the molecule is CC(C)[C@@H]1CC[C@@H](C)C[C@H]1C(=O)n1c(=O)n(CCN)c2cc(C(=O)Nc3ccncc3)ccc21. The maximum absolute atomic E-state index is 13.8. The molecule has 0 spiro atoms. The maximum atomic E-state index is 13.8. The van der Waals surface area contributed by atoms with Crippen LogP contribution in [-0.2, 0) is 6.54 Å². The number of carbonyl (C=O) groups excluding carboxylic acids is 2. The molecule has 1 saturated carbocycles. The summed E-state index contributed by atoms with van der Waals surface area (Å²) in [5.74, 6) is 0.394. The first kappa shape index (κ1) is 23.9. The van der Waals surface area contributed by atoms with E-state index in [0.717, 1.165) is 19.3 Å². The van der Waals surface area contributed by atoms with Crippen LogP contribution in [0, 0.1) is 23.7 Å². The number of hydrogen-bond donors (Lipinski definition) is 2. The molecule has 180 valence electrons. The average Bonchev–Trinajstić information content (AvgIpc) is 3.10. The lowest BCUT2D eigenvalue weighted by Crippen LogP contribution is -2.40. The second kappa shape index (κ2) is 9.93. The number of nitrogens with one attached hydrogen (secondary N) is 1. The van der Waals surface area contributed by atoms with E-state index in [-0.39, 0.29) is 36.7 Å². The quantitative estimate of drug-likeness (QED) is 0.578. The molecule has 4 rings (SSSR count). The minimum atomic E-state index is -0.391. The summed E-state index contributed by atoms with van der Waals surface area (Å²) in [4.78, 5) is 44.0. The van der Waals surface area contributed by atoms with Gasteiger partial charge in [0.1, 0.15) is 0 Å². The third kappa shape index (κ3) is 4.55. The highest BCUT2D eigenvalue weighted by molar-refractivity contribution is 6.06. The third-order valence-electron chi connectivity index (χ3n) is 7.04.